The summed E-state index contributed by atoms with van der Waals surface area (Å²) >= 11 is 0. The number of aryl methyl sites for hydroxylation is 1. The number of amides is 1. The van der Waals surface area contributed by atoms with Crippen LogP contribution in [-0.4, -0.2) is 30.9 Å². The summed E-state index contributed by atoms with van der Waals surface area (Å²) in [5, 5.41) is 3.30. The smallest absolute Gasteiger partial charge is 0.227 e. The third-order valence-corrected chi connectivity index (χ3v) is 3.52. The van der Waals surface area contributed by atoms with Crippen molar-refractivity contribution in [3.8, 4) is 0 Å². The first-order valence-electron chi connectivity index (χ1n) is 6.68. The van der Waals surface area contributed by atoms with Crippen molar-refractivity contribution in [1.29, 1.82) is 0 Å². The zero-order valence-corrected chi connectivity index (χ0v) is 11.3. The third-order valence-electron chi connectivity index (χ3n) is 3.52. The average Bonchev–Trinajstić information content (AvgIpc) is 2.39. The first kappa shape index (κ1) is 13.1. The van der Waals surface area contributed by atoms with Crippen molar-refractivity contribution in [3.05, 3.63) is 35.4 Å². The average molecular weight is 246 g/mol. The van der Waals surface area contributed by atoms with Gasteiger partial charge < -0.3 is 10.2 Å². The maximum absolute atomic E-state index is 12.3. The van der Waals surface area contributed by atoms with Crippen LogP contribution in [0.1, 0.15) is 24.0 Å². The molecule has 1 saturated heterocycles. The second-order valence-electron chi connectivity index (χ2n) is 5.23. The minimum atomic E-state index is 0.161. The lowest BCUT2D eigenvalue weighted by Crippen LogP contribution is -2.41. The Bertz CT molecular complexity index is 411. The molecule has 0 unspecified atom stereocenters. The molecule has 1 aromatic carbocycles. The number of nitrogens with zero attached hydrogens (tertiary/aromatic N) is 1. The van der Waals surface area contributed by atoms with Gasteiger partial charge >= 0.3 is 0 Å². The van der Waals surface area contributed by atoms with E-state index in [2.05, 4.69) is 30.4 Å². The molecular weight excluding hydrogens is 224 g/mol. The lowest BCUT2D eigenvalue weighted by atomic mass is 9.98. The molecule has 1 atom stereocenters. The van der Waals surface area contributed by atoms with E-state index in [9.17, 15) is 4.79 Å². The van der Waals surface area contributed by atoms with Gasteiger partial charge in [0.2, 0.25) is 5.91 Å². The Hall–Kier alpha value is -1.35. The van der Waals surface area contributed by atoms with Crippen LogP contribution in [0.4, 0.5) is 0 Å². The highest BCUT2D eigenvalue weighted by Crippen LogP contribution is 2.14. The van der Waals surface area contributed by atoms with E-state index in [-0.39, 0.29) is 11.8 Å². The van der Waals surface area contributed by atoms with Crippen molar-refractivity contribution in [1.82, 2.24) is 10.2 Å². The van der Waals surface area contributed by atoms with Crippen LogP contribution in [0.3, 0.4) is 0 Å². The van der Waals surface area contributed by atoms with E-state index in [0.29, 0.717) is 6.54 Å². The van der Waals surface area contributed by atoms with Gasteiger partial charge in [-0.05, 0) is 31.9 Å². The summed E-state index contributed by atoms with van der Waals surface area (Å²) < 4.78 is 0. The summed E-state index contributed by atoms with van der Waals surface area (Å²) in [7, 11) is 1.90. The Kier molecular flexibility index (Phi) is 4.37. The summed E-state index contributed by atoms with van der Waals surface area (Å²) in [6.07, 6.45) is 2.12. The highest BCUT2D eigenvalue weighted by molar-refractivity contribution is 5.78. The van der Waals surface area contributed by atoms with E-state index in [4.69, 9.17) is 0 Å². The second-order valence-corrected chi connectivity index (χ2v) is 5.23. The van der Waals surface area contributed by atoms with Crippen molar-refractivity contribution >= 4 is 5.91 Å². The highest BCUT2D eigenvalue weighted by atomic mass is 16.2. The summed E-state index contributed by atoms with van der Waals surface area (Å²) in [6, 6.07) is 8.35. The van der Waals surface area contributed by atoms with Gasteiger partial charge in [0.25, 0.3) is 0 Å². The Balaban J connectivity index is 1.94. The molecular formula is C15H22N2O. The monoisotopic (exact) mass is 246 g/mol. The van der Waals surface area contributed by atoms with Crippen LogP contribution in [-0.2, 0) is 11.3 Å². The van der Waals surface area contributed by atoms with Crippen molar-refractivity contribution in [3.63, 3.8) is 0 Å². The summed E-state index contributed by atoms with van der Waals surface area (Å²) in [6.45, 7) is 4.66. The number of piperidine rings is 1. The summed E-state index contributed by atoms with van der Waals surface area (Å²) in [4.78, 5) is 14.1. The minimum Gasteiger partial charge on any atom is -0.341 e. The minimum absolute atomic E-state index is 0.161. The molecule has 1 amide bonds. The third kappa shape index (κ3) is 3.33. The Morgan fingerprint density at radius 1 is 1.50 bits per heavy atom. The molecule has 0 spiro atoms. The van der Waals surface area contributed by atoms with Crippen molar-refractivity contribution in [2.45, 2.75) is 26.3 Å². The number of rotatable bonds is 3. The summed E-state index contributed by atoms with van der Waals surface area (Å²) in [5.74, 6) is 0.428. The van der Waals surface area contributed by atoms with Crippen LogP contribution in [0.25, 0.3) is 0 Å². The van der Waals surface area contributed by atoms with Gasteiger partial charge in [0.1, 0.15) is 0 Å². The molecule has 0 aliphatic carbocycles. The highest BCUT2D eigenvalue weighted by Gasteiger charge is 2.23. The van der Waals surface area contributed by atoms with Crippen LogP contribution in [0.2, 0.25) is 0 Å². The van der Waals surface area contributed by atoms with Gasteiger partial charge in [-0.1, -0.05) is 29.8 Å². The maximum Gasteiger partial charge on any atom is 0.227 e. The molecule has 0 aromatic heterocycles. The Morgan fingerprint density at radius 2 is 2.33 bits per heavy atom. The largest absolute Gasteiger partial charge is 0.341 e. The van der Waals surface area contributed by atoms with Gasteiger partial charge in [0, 0.05) is 20.1 Å². The molecule has 3 nitrogen and oxygen atoms in total. The van der Waals surface area contributed by atoms with Gasteiger partial charge in [0.15, 0.2) is 0 Å². The fourth-order valence-electron chi connectivity index (χ4n) is 2.54. The SMILES string of the molecule is Cc1cccc(CN(C)C(=O)[C@H]2CCCNC2)c1. The number of nitrogens with one attached hydrogen (secondary N) is 1. The lowest BCUT2D eigenvalue weighted by molar-refractivity contribution is -0.135. The molecule has 18 heavy (non-hydrogen) atoms. The molecule has 1 heterocycles. The number of hydrogen-bond acceptors (Lipinski definition) is 2. The molecule has 98 valence electrons. The Labute approximate surface area is 109 Å². The molecule has 0 radical (unpaired) electrons. The van der Waals surface area contributed by atoms with Gasteiger partial charge in [0.05, 0.1) is 5.92 Å². The number of hydrogen-bond donors (Lipinski definition) is 1. The van der Waals surface area contributed by atoms with Crippen LogP contribution in [0.5, 0.6) is 0 Å². The van der Waals surface area contributed by atoms with E-state index in [1.54, 1.807) is 0 Å². The molecule has 1 aliphatic heterocycles. The molecule has 1 aliphatic rings. The second kappa shape index (κ2) is 6.01. The van der Waals surface area contributed by atoms with Gasteiger partial charge in [-0.2, -0.15) is 0 Å². The van der Waals surface area contributed by atoms with Gasteiger partial charge in [-0.25, -0.2) is 0 Å². The predicted octanol–water partition coefficient (Wildman–Crippen LogP) is 1.95. The van der Waals surface area contributed by atoms with Crippen LogP contribution >= 0.6 is 0 Å². The van der Waals surface area contributed by atoms with Crippen molar-refractivity contribution in [2.24, 2.45) is 5.92 Å². The molecule has 1 fully saturated rings. The number of carbonyl (C=O) groups excluding carboxylic acids is 1. The summed E-state index contributed by atoms with van der Waals surface area (Å²) in [5.41, 5.74) is 2.45. The topological polar surface area (TPSA) is 32.3 Å². The van der Waals surface area contributed by atoms with E-state index < -0.39 is 0 Å². The van der Waals surface area contributed by atoms with Crippen molar-refractivity contribution in [2.75, 3.05) is 20.1 Å². The van der Waals surface area contributed by atoms with E-state index in [1.807, 2.05) is 18.0 Å². The van der Waals surface area contributed by atoms with E-state index >= 15 is 0 Å². The fourth-order valence-corrected chi connectivity index (χ4v) is 2.54. The Morgan fingerprint density at radius 3 is 3.00 bits per heavy atom. The fraction of sp³-hybridized carbons (Fsp3) is 0.533. The molecule has 1 N–H and O–H groups in total. The predicted molar refractivity (Wildman–Crippen MR) is 73.2 cm³/mol. The van der Waals surface area contributed by atoms with E-state index in [1.165, 1.54) is 11.1 Å². The number of benzene rings is 1. The van der Waals surface area contributed by atoms with E-state index in [0.717, 1.165) is 25.9 Å². The lowest BCUT2D eigenvalue weighted by Gasteiger charge is -2.27. The first-order valence-corrected chi connectivity index (χ1v) is 6.68. The molecule has 1 aromatic rings. The standard InChI is InChI=1S/C15H22N2O/c1-12-5-3-6-13(9-12)11-17(2)15(18)14-7-4-8-16-10-14/h3,5-6,9,14,16H,4,7-8,10-11H2,1-2H3/t14-/m0/s1. The first-order chi connectivity index (χ1) is 8.66. The van der Waals surface area contributed by atoms with Crippen molar-refractivity contribution < 1.29 is 4.79 Å². The normalized spacial score (nSPS) is 19.6. The number of carbonyl (C=O) groups is 1. The maximum atomic E-state index is 12.3. The zero-order valence-electron chi connectivity index (χ0n) is 11.3. The molecule has 2 rings (SSSR count). The molecule has 0 bridgehead atoms. The quantitative estimate of drug-likeness (QED) is 0.884. The molecule has 3 heteroatoms. The van der Waals surface area contributed by atoms with Crippen LogP contribution < -0.4 is 5.32 Å². The van der Waals surface area contributed by atoms with Crippen LogP contribution in [0, 0.1) is 12.8 Å². The van der Waals surface area contributed by atoms with Gasteiger partial charge in [-0.3, -0.25) is 4.79 Å². The van der Waals surface area contributed by atoms with Crippen LogP contribution in [0.15, 0.2) is 24.3 Å². The zero-order chi connectivity index (χ0) is 13.0. The molecule has 0 saturated carbocycles. The van der Waals surface area contributed by atoms with Gasteiger partial charge in [-0.15, -0.1) is 0 Å².